The summed E-state index contributed by atoms with van der Waals surface area (Å²) in [6.45, 7) is 4.43. The molecule has 0 aliphatic carbocycles. The molecule has 0 nitrogen and oxygen atoms in total. The SMILES string of the molecule is CC=CC(CCCCCCCCCCCCCCC)c1ccccc1. The van der Waals surface area contributed by atoms with Crippen molar-refractivity contribution < 1.29 is 0 Å². The quantitative estimate of drug-likeness (QED) is 0.208. The average Bonchev–Trinajstić information content (AvgIpc) is 2.65. The first kappa shape index (κ1) is 22.0. The summed E-state index contributed by atoms with van der Waals surface area (Å²) in [6, 6.07) is 11.0. The van der Waals surface area contributed by atoms with Crippen LogP contribution in [-0.2, 0) is 0 Å². The van der Waals surface area contributed by atoms with Crippen molar-refractivity contribution in [1.82, 2.24) is 0 Å². The molecule has 0 amide bonds. The van der Waals surface area contributed by atoms with E-state index in [9.17, 15) is 0 Å². The largest absolute Gasteiger partial charge is 0.0910 e. The highest BCUT2D eigenvalue weighted by Crippen LogP contribution is 2.24. The lowest BCUT2D eigenvalue weighted by Crippen LogP contribution is -1.95. The Morgan fingerprint density at radius 3 is 1.64 bits per heavy atom. The first-order valence-corrected chi connectivity index (χ1v) is 11.1. The van der Waals surface area contributed by atoms with Gasteiger partial charge in [0.1, 0.15) is 0 Å². The van der Waals surface area contributed by atoms with Crippen molar-refractivity contribution in [2.45, 2.75) is 110 Å². The normalized spacial score (nSPS) is 12.7. The van der Waals surface area contributed by atoms with Gasteiger partial charge in [0.15, 0.2) is 0 Å². The molecule has 0 fully saturated rings. The molecule has 1 aromatic rings. The van der Waals surface area contributed by atoms with Crippen molar-refractivity contribution >= 4 is 0 Å². The van der Waals surface area contributed by atoms with Gasteiger partial charge in [-0.05, 0) is 18.9 Å². The van der Waals surface area contributed by atoms with Gasteiger partial charge in [0.25, 0.3) is 0 Å². The van der Waals surface area contributed by atoms with E-state index in [1.807, 2.05) is 0 Å². The fourth-order valence-corrected chi connectivity index (χ4v) is 3.69. The van der Waals surface area contributed by atoms with Gasteiger partial charge >= 0.3 is 0 Å². The Kier molecular flexibility index (Phi) is 14.5. The summed E-state index contributed by atoms with van der Waals surface area (Å²) in [5.41, 5.74) is 1.47. The fourth-order valence-electron chi connectivity index (χ4n) is 3.69. The van der Waals surface area contributed by atoms with E-state index in [0.29, 0.717) is 5.92 Å². The Hall–Kier alpha value is -1.04. The zero-order valence-electron chi connectivity index (χ0n) is 17.0. The van der Waals surface area contributed by atoms with E-state index in [0.717, 1.165) is 0 Å². The van der Waals surface area contributed by atoms with Crippen LogP contribution >= 0.6 is 0 Å². The van der Waals surface area contributed by atoms with Gasteiger partial charge < -0.3 is 0 Å². The summed E-state index contributed by atoms with van der Waals surface area (Å²) in [4.78, 5) is 0. The van der Waals surface area contributed by atoms with Crippen LogP contribution in [-0.4, -0.2) is 0 Å². The van der Waals surface area contributed by atoms with E-state index >= 15 is 0 Å². The van der Waals surface area contributed by atoms with Crippen LogP contribution in [0, 0.1) is 0 Å². The maximum absolute atomic E-state index is 2.37. The van der Waals surface area contributed by atoms with Gasteiger partial charge in [-0.25, -0.2) is 0 Å². The third kappa shape index (κ3) is 12.0. The minimum Gasteiger partial charge on any atom is -0.0910 e. The molecule has 0 radical (unpaired) electrons. The van der Waals surface area contributed by atoms with Gasteiger partial charge in [-0.1, -0.05) is 133 Å². The second kappa shape index (κ2) is 16.4. The predicted molar refractivity (Wildman–Crippen MR) is 114 cm³/mol. The number of benzene rings is 1. The van der Waals surface area contributed by atoms with E-state index in [2.05, 4.69) is 56.3 Å². The van der Waals surface area contributed by atoms with Crippen LogP contribution in [0.2, 0.25) is 0 Å². The second-order valence-electron chi connectivity index (χ2n) is 7.57. The Morgan fingerprint density at radius 1 is 0.680 bits per heavy atom. The third-order valence-corrected chi connectivity index (χ3v) is 5.27. The van der Waals surface area contributed by atoms with Crippen LogP contribution in [0.15, 0.2) is 42.5 Å². The summed E-state index contributed by atoms with van der Waals surface area (Å²) in [7, 11) is 0. The Labute approximate surface area is 158 Å². The molecule has 0 spiro atoms. The number of hydrogen-bond acceptors (Lipinski definition) is 0. The maximum atomic E-state index is 2.37. The standard InChI is InChI=1S/C25H42/c1-3-5-6-7-8-9-10-11-12-13-14-15-17-21-24(20-4-2)25-22-18-16-19-23-25/h4,16,18-20,22-24H,3,5-15,17,21H2,1-2H3. The smallest absolute Gasteiger partial charge is 0.00178 e. The molecule has 1 unspecified atom stereocenters. The molecule has 0 heteroatoms. The number of hydrogen-bond donors (Lipinski definition) is 0. The van der Waals surface area contributed by atoms with Gasteiger partial charge in [-0.2, -0.15) is 0 Å². The second-order valence-corrected chi connectivity index (χ2v) is 7.57. The van der Waals surface area contributed by atoms with Gasteiger partial charge in [-0.3, -0.25) is 0 Å². The molecular formula is C25H42. The highest BCUT2D eigenvalue weighted by atomic mass is 14.1. The molecule has 1 atom stereocenters. The molecule has 0 saturated carbocycles. The zero-order chi connectivity index (χ0) is 18.0. The molecule has 0 saturated heterocycles. The van der Waals surface area contributed by atoms with E-state index in [4.69, 9.17) is 0 Å². The van der Waals surface area contributed by atoms with Gasteiger partial charge in [-0.15, -0.1) is 0 Å². The molecular weight excluding hydrogens is 300 g/mol. The topological polar surface area (TPSA) is 0 Å². The first-order valence-electron chi connectivity index (χ1n) is 11.1. The minimum absolute atomic E-state index is 0.610. The average molecular weight is 343 g/mol. The molecule has 0 aliphatic heterocycles. The van der Waals surface area contributed by atoms with E-state index in [1.54, 1.807) is 0 Å². The van der Waals surface area contributed by atoms with Crippen molar-refractivity contribution in [3.05, 3.63) is 48.0 Å². The lowest BCUT2D eigenvalue weighted by atomic mass is 9.92. The third-order valence-electron chi connectivity index (χ3n) is 5.27. The lowest BCUT2D eigenvalue weighted by molar-refractivity contribution is 0.531. The summed E-state index contributed by atoms with van der Waals surface area (Å²) < 4.78 is 0. The monoisotopic (exact) mass is 342 g/mol. The molecule has 0 heterocycles. The van der Waals surface area contributed by atoms with Crippen LogP contribution < -0.4 is 0 Å². The summed E-state index contributed by atoms with van der Waals surface area (Å²) in [6.07, 6.45) is 24.5. The van der Waals surface area contributed by atoms with Crippen molar-refractivity contribution in [2.75, 3.05) is 0 Å². The lowest BCUT2D eigenvalue weighted by Gasteiger charge is -2.13. The molecule has 0 aliphatic rings. The van der Waals surface area contributed by atoms with Crippen LogP contribution in [0.4, 0.5) is 0 Å². The summed E-state index contributed by atoms with van der Waals surface area (Å²) in [5, 5.41) is 0. The van der Waals surface area contributed by atoms with Crippen LogP contribution in [0.1, 0.15) is 115 Å². The molecule has 0 aromatic heterocycles. The number of rotatable bonds is 16. The summed E-state index contributed by atoms with van der Waals surface area (Å²) >= 11 is 0. The van der Waals surface area contributed by atoms with E-state index in [1.165, 1.54) is 95.5 Å². The molecule has 25 heavy (non-hydrogen) atoms. The molecule has 0 bridgehead atoms. The van der Waals surface area contributed by atoms with Crippen LogP contribution in [0.3, 0.4) is 0 Å². The van der Waals surface area contributed by atoms with Crippen molar-refractivity contribution in [3.8, 4) is 0 Å². The van der Waals surface area contributed by atoms with Crippen LogP contribution in [0.5, 0.6) is 0 Å². The highest BCUT2D eigenvalue weighted by Gasteiger charge is 2.06. The van der Waals surface area contributed by atoms with Gasteiger partial charge in [0, 0.05) is 5.92 Å². The number of unbranched alkanes of at least 4 members (excludes halogenated alkanes) is 12. The first-order chi connectivity index (χ1) is 12.4. The van der Waals surface area contributed by atoms with Crippen molar-refractivity contribution in [1.29, 1.82) is 0 Å². The molecule has 142 valence electrons. The van der Waals surface area contributed by atoms with Crippen molar-refractivity contribution in [3.63, 3.8) is 0 Å². The van der Waals surface area contributed by atoms with Crippen molar-refractivity contribution in [2.24, 2.45) is 0 Å². The molecule has 0 N–H and O–H groups in total. The van der Waals surface area contributed by atoms with E-state index < -0.39 is 0 Å². The van der Waals surface area contributed by atoms with Gasteiger partial charge in [0.2, 0.25) is 0 Å². The zero-order valence-corrected chi connectivity index (χ0v) is 17.0. The summed E-state index contributed by atoms with van der Waals surface area (Å²) in [5.74, 6) is 0.610. The minimum atomic E-state index is 0.610. The Balaban J connectivity index is 1.95. The molecule has 1 aromatic carbocycles. The Bertz CT molecular complexity index is 403. The van der Waals surface area contributed by atoms with Crippen LogP contribution in [0.25, 0.3) is 0 Å². The molecule has 1 rings (SSSR count). The highest BCUT2D eigenvalue weighted by molar-refractivity contribution is 5.23. The fraction of sp³-hybridized carbons (Fsp3) is 0.680. The maximum Gasteiger partial charge on any atom is 0.00178 e. The predicted octanol–water partition coefficient (Wildman–Crippen LogP) is 8.83. The Morgan fingerprint density at radius 2 is 1.16 bits per heavy atom. The number of allylic oxidation sites excluding steroid dienone is 2. The van der Waals surface area contributed by atoms with E-state index in [-0.39, 0.29) is 0 Å². The van der Waals surface area contributed by atoms with Gasteiger partial charge in [0.05, 0.1) is 0 Å².